The van der Waals surface area contributed by atoms with Crippen LogP contribution in [0.1, 0.15) is 18.3 Å². The number of hydrogen-bond acceptors (Lipinski definition) is 5. The number of nitrogens with zero attached hydrogens (tertiary/aromatic N) is 3. The van der Waals surface area contributed by atoms with Crippen molar-refractivity contribution < 1.29 is 0 Å². The van der Waals surface area contributed by atoms with Crippen LogP contribution in [-0.2, 0) is 7.05 Å². The van der Waals surface area contributed by atoms with E-state index in [0.717, 1.165) is 28.7 Å². The number of aromatic nitrogens is 3. The zero-order chi connectivity index (χ0) is 12.3. The minimum atomic E-state index is -0.0336. The summed E-state index contributed by atoms with van der Waals surface area (Å²) in [5.74, 6) is 2.68. The third kappa shape index (κ3) is 2.88. The zero-order valence-corrected chi connectivity index (χ0v) is 11.6. The predicted molar refractivity (Wildman–Crippen MR) is 74.2 cm³/mol. The molecule has 0 fully saturated rings. The first-order chi connectivity index (χ1) is 8.22. The minimum absolute atomic E-state index is 0.0336. The van der Waals surface area contributed by atoms with Crippen molar-refractivity contribution in [1.82, 2.24) is 14.8 Å². The Hall–Kier alpha value is -0.850. The summed E-state index contributed by atoms with van der Waals surface area (Å²) in [6.45, 7) is 0. The van der Waals surface area contributed by atoms with Gasteiger partial charge in [0, 0.05) is 7.05 Å². The molecular weight excluding hydrogens is 252 g/mol. The Balaban J connectivity index is 2.19. The second kappa shape index (κ2) is 5.66. The Labute approximate surface area is 109 Å². The van der Waals surface area contributed by atoms with Gasteiger partial charge in [0.05, 0.1) is 10.9 Å². The Morgan fingerprint density at radius 1 is 1.59 bits per heavy atom. The summed E-state index contributed by atoms with van der Waals surface area (Å²) in [5.41, 5.74) is 6.12. The maximum Gasteiger partial charge on any atom is 0.191 e. The van der Waals surface area contributed by atoms with Crippen molar-refractivity contribution in [2.24, 2.45) is 12.8 Å². The van der Waals surface area contributed by atoms with E-state index in [1.807, 2.05) is 24.6 Å². The monoisotopic (exact) mass is 268 g/mol. The highest BCUT2D eigenvalue weighted by Gasteiger charge is 2.15. The van der Waals surface area contributed by atoms with Gasteiger partial charge in [-0.25, -0.2) is 4.98 Å². The molecule has 0 aliphatic carbocycles. The molecule has 0 saturated heterocycles. The standard InChI is InChI=1S/C11H16N4S2/c1-15-11(8(12)5-7-16-2)13-10(14-15)9-4-3-6-17-9/h3-4,6,8H,5,7,12H2,1-2H3. The molecule has 2 rings (SSSR count). The molecule has 92 valence electrons. The van der Waals surface area contributed by atoms with Crippen molar-refractivity contribution >= 4 is 23.1 Å². The lowest BCUT2D eigenvalue weighted by Crippen LogP contribution is -2.16. The first-order valence-electron chi connectivity index (χ1n) is 5.41. The van der Waals surface area contributed by atoms with Crippen LogP contribution in [0.5, 0.6) is 0 Å². The van der Waals surface area contributed by atoms with E-state index in [4.69, 9.17) is 5.73 Å². The fraction of sp³-hybridized carbons (Fsp3) is 0.455. The number of thioether (sulfide) groups is 1. The van der Waals surface area contributed by atoms with Crippen LogP contribution in [-0.4, -0.2) is 26.8 Å². The molecule has 0 amide bonds. The van der Waals surface area contributed by atoms with Gasteiger partial charge < -0.3 is 5.73 Å². The number of thiophene rings is 1. The summed E-state index contributed by atoms with van der Waals surface area (Å²) in [5, 5.41) is 6.44. The number of hydrogen-bond donors (Lipinski definition) is 1. The van der Waals surface area contributed by atoms with E-state index in [-0.39, 0.29) is 6.04 Å². The average Bonchev–Trinajstić information content (AvgIpc) is 2.94. The Kier molecular flexibility index (Phi) is 4.20. The highest BCUT2D eigenvalue weighted by atomic mass is 32.2. The van der Waals surface area contributed by atoms with Crippen LogP contribution in [0.2, 0.25) is 0 Å². The van der Waals surface area contributed by atoms with Gasteiger partial charge in [-0.2, -0.15) is 16.9 Å². The number of aryl methyl sites for hydroxylation is 1. The molecule has 0 spiro atoms. The highest BCUT2D eigenvalue weighted by Crippen LogP contribution is 2.23. The lowest BCUT2D eigenvalue weighted by atomic mass is 10.2. The molecule has 2 aromatic rings. The third-order valence-electron chi connectivity index (χ3n) is 2.50. The minimum Gasteiger partial charge on any atom is -0.321 e. The van der Waals surface area contributed by atoms with Crippen LogP contribution in [0.15, 0.2) is 17.5 Å². The van der Waals surface area contributed by atoms with Gasteiger partial charge in [-0.15, -0.1) is 11.3 Å². The zero-order valence-electron chi connectivity index (χ0n) is 9.96. The van der Waals surface area contributed by atoms with Gasteiger partial charge in [-0.1, -0.05) is 6.07 Å². The first-order valence-corrected chi connectivity index (χ1v) is 7.69. The molecule has 0 aliphatic heterocycles. The van der Waals surface area contributed by atoms with Gasteiger partial charge in [-0.05, 0) is 29.9 Å². The van der Waals surface area contributed by atoms with Gasteiger partial charge in [0.2, 0.25) is 0 Å². The summed E-state index contributed by atoms with van der Waals surface area (Å²) >= 11 is 3.44. The summed E-state index contributed by atoms with van der Waals surface area (Å²) < 4.78 is 1.79. The van der Waals surface area contributed by atoms with Crippen molar-refractivity contribution in [2.45, 2.75) is 12.5 Å². The molecule has 1 unspecified atom stereocenters. The topological polar surface area (TPSA) is 56.7 Å². The summed E-state index contributed by atoms with van der Waals surface area (Å²) in [6.07, 6.45) is 3.01. The van der Waals surface area contributed by atoms with Crippen LogP contribution < -0.4 is 5.73 Å². The van der Waals surface area contributed by atoms with Crippen molar-refractivity contribution in [3.05, 3.63) is 23.3 Å². The van der Waals surface area contributed by atoms with Crippen molar-refractivity contribution in [3.63, 3.8) is 0 Å². The highest BCUT2D eigenvalue weighted by molar-refractivity contribution is 7.98. The Morgan fingerprint density at radius 2 is 2.41 bits per heavy atom. The molecule has 4 nitrogen and oxygen atoms in total. The lowest BCUT2D eigenvalue weighted by Gasteiger charge is -2.08. The molecule has 0 aromatic carbocycles. The molecule has 2 heterocycles. The van der Waals surface area contributed by atoms with E-state index in [2.05, 4.69) is 16.3 Å². The second-order valence-corrected chi connectivity index (χ2v) is 5.72. The smallest absolute Gasteiger partial charge is 0.191 e. The fourth-order valence-electron chi connectivity index (χ4n) is 1.60. The van der Waals surface area contributed by atoms with Gasteiger partial charge in [-0.3, -0.25) is 4.68 Å². The van der Waals surface area contributed by atoms with E-state index in [0.29, 0.717) is 0 Å². The lowest BCUT2D eigenvalue weighted by molar-refractivity contribution is 0.593. The van der Waals surface area contributed by atoms with Crippen LogP contribution in [0.3, 0.4) is 0 Å². The van der Waals surface area contributed by atoms with E-state index in [1.165, 1.54) is 0 Å². The maximum absolute atomic E-state index is 6.12. The maximum atomic E-state index is 6.12. The molecule has 6 heteroatoms. The fourth-order valence-corrected chi connectivity index (χ4v) is 2.75. The predicted octanol–water partition coefficient (Wildman–Crippen LogP) is 2.30. The van der Waals surface area contributed by atoms with Crippen LogP contribution in [0.25, 0.3) is 10.7 Å². The SMILES string of the molecule is CSCCC(N)c1nc(-c2cccs2)nn1C. The van der Waals surface area contributed by atoms with Gasteiger partial charge in [0.15, 0.2) is 5.82 Å². The quantitative estimate of drug-likeness (QED) is 0.904. The molecule has 0 aliphatic rings. The van der Waals surface area contributed by atoms with E-state index < -0.39 is 0 Å². The van der Waals surface area contributed by atoms with Crippen molar-refractivity contribution in [2.75, 3.05) is 12.0 Å². The normalized spacial score (nSPS) is 12.9. The van der Waals surface area contributed by atoms with E-state index >= 15 is 0 Å². The second-order valence-electron chi connectivity index (χ2n) is 3.78. The summed E-state index contributed by atoms with van der Waals surface area (Å²) in [4.78, 5) is 5.62. The van der Waals surface area contributed by atoms with Crippen LogP contribution in [0.4, 0.5) is 0 Å². The average molecular weight is 268 g/mol. The molecular formula is C11H16N4S2. The van der Waals surface area contributed by atoms with Crippen molar-refractivity contribution in [1.29, 1.82) is 0 Å². The molecule has 1 atom stereocenters. The largest absolute Gasteiger partial charge is 0.321 e. The molecule has 2 aromatic heterocycles. The molecule has 0 radical (unpaired) electrons. The van der Waals surface area contributed by atoms with Crippen LogP contribution in [0, 0.1) is 0 Å². The summed E-state index contributed by atoms with van der Waals surface area (Å²) in [7, 11) is 1.90. The Bertz CT molecular complexity index is 464. The van der Waals surface area contributed by atoms with Crippen molar-refractivity contribution in [3.8, 4) is 10.7 Å². The molecule has 0 bridgehead atoms. The molecule has 17 heavy (non-hydrogen) atoms. The van der Waals surface area contributed by atoms with Gasteiger partial charge in [0.1, 0.15) is 5.82 Å². The number of nitrogens with two attached hydrogens (primary N) is 1. The van der Waals surface area contributed by atoms with Gasteiger partial charge >= 0.3 is 0 Å². The third-order valence-corrected chi connectivity index (χ3v) is 4.01. The van der Waals surface area contributed by atoms with Gasteiger partial charge in [0.25, 0.3) is 0 Å². The van der Waals surface area contributed by atoms with E-state index in [9.17, 15) is 0 Å². The van der Waals surface area contributed by atoms with E-state index in [1.54, 1.807) is 27.8 Å². The first kappa shape index (κ1) is 12.6. The molecule has 2 N–H and O–H groups in total. The number of rotatable bonds is 5. The van der Waals surface area contributed by atoms with Crippen LogP contribution >= 0.6 is 23.1 Å². The summed E-state index contributed by atoms with van der Waals surface area (Å²) in [6, 6.07) is 4.00. The molecule has 0 saturated carbocycles. The Morgan fingerprint density at radius 3 is 3.06 bits per heavy atom.